The van der Waals surface area contributed by atoms with E-state index in [1.807, 2.05) is 5.43 Å². The maximum Gasteiger partial charge on any atom is 0.267 e. The van der Waals surface area contributed by atoms with Gasteiger partial charge in [0.2, 0.25) is 5.88 Å². The molecule has 1 aromatic heterocycles. The molecule has 0 saturated carbocycles. The zero-order valence-corrected chi connectivity index (χ0v) is 8.43. The van der Waals surface area contributed by atoms with Gasteiger partial charge in [-0.25, -0.2) is 10.5 Å². The first-order valence-corrected chi connectivity index (χ1v) is 4.24. The highest BCUT2D eigenvalue weighted by molar-refractivity contribution is 5.79. The summed E-state index contributed by atoms with van der Waals surface area (Å²) >= 11 is 0. The predicted octanol–water partition coefficient (Wildman–Crippen LogP) is -1.20. The lowest BCUT2D eigenvalue weighted by Crippen LogP contribution is -2.40. The number of aromatic nitrogens is 2. The SMILES string of the molecule is COc1ccc(=O)n(C(C)C(=O)NN)n1. The van der Waals surface area contributed by atoms with Crippen LogP contribution < -0.4 is 21.6 Å². The van der Waals surface area contributed by atoms with Gasteiger partial charge in [-0.2, -0.15) is 0 Å². The van der Waals surface area contributed by atoms with Crippen LogP contribution in [0.2, 0.25) is 0 Å². The summed E-state index contributed by atoms with van der Waals surface area (Å²) < 4.78 is 5.84. The van der Waals surface area contributed by atoms with Gasteiger partial charge in [-0.3, -0.25) is 15.0 Å². The van der Waals surface area contributed by atoms with Crippen molar-refractivity contribution in [3.63, 3.8) is 0 Å². The first kappa shape index (κ1) is 11.2. The molecule has 0 aliphatic heterocycles. The van der Waals surface area contributed by atoms with Crippen molar-refractivity contribution in [2.24, 2.45) is 5.84 Å². The number of amides is 1. The van der Waals surface area contributed by atoms with Gasteiger partial charge >= 0.3 is 0 Å². The van der Waals surface area contributed by atoms with Crippen LogP contribution in [0.15, 0.2) is 16.9 Å². The normalized spacial score (nSPS) is 11.9. The minimum Gasteiger partial charge on any atom is -0.480 e. The summed E-state index contributed by atoms with van der Waals surface area (Å²) in [5, 5.41) is 3.83. The molecule has 1 rings (SSSR count). The van der Waals surface area contributed by atoms with Crippen LogP contribution in [0.25, 0.3) is 0 Å². The molecule has 0 aromatic carbocycles. The number of hydrazine groups is 1. The van der Waals surface area contributed by atoms with Gasteiger partial charge in [0.1, 0.15) is 6.04 Å². The van der Waals surface area contributed by atoms with Gasteiger partial charge in [0.05, 0.1) is 7.11 Å². The van der Waals surface area contributed by atoms with E-state index in [4.69, 9.17) is 10.6 Å². The van der Waals surface area contributed by atoms with Crippen LogP contribution >= 0.6 is 0 Å². The van der Waals surface area contributed by atoms with Crippen LogP contribution in [0, 0.1) is 0 Å². The van der Waals surface area contributed by atoms with E-state index in [-0.39, 0.29) is 5.88 Å². The lowest BCUT2D eigenvalue weighted by molar-refractivity contribution is -0.124. The average Bonchev–Trinajstić information content (AvgIpc) is 2.27. The molecule has 1 aromatic rings. The van der Waals surface area contributed by atoms with E-state index in [0.29, 0.717) is 0 Å². The molecule has 1 unspecified atom stereocenters. The molecule has 3 N–H and O–H groups in total. The number of rotatable bonds is 3. The molecule has 0 fully saturated rings. The topological polar surface area (TPSA) is 99.2 Å². The number of methoxy groups -OCH3 is 1. The molecule has 0 bridgehead atoms. The Morgan fingerprint density at radius 3 is 2.87 bits per heavy atom. The van der Waals surface area contributed by atoms with Crippen molar-refractivity contribution in [2.45, 2.75) is 13.0 Å². The minimum atomic E-state index is -0.780. The van der Waals surface area contributed by atoms with Gasteiger partial charge in [-0.15, -0.1) is 5.10 Å². The third kappa shape index (κ3) is 2.32. The molecule has 1 amide bonds. The minimum absolute atomic E-state index is 0.256. The van der Waals surface area contributed by atoms with Crippen molar-refractivity contribution in [3.8, 4) is 5.88 Å². The molecule has 15 heavy (non-hydrogen) atoms. The first-order chi connectivity index (χ1) is 7.10. The van der Waals surface area contributed by atoms with Crippen molar-refractivity contribution in [1.82, 2.24) is 15.2 Å². The molecule has 0 saturated heterocycles. The number of hydrogen-bond donors (Lipinski definition) is 2. The highest BCUT2D eigenvalue weighted by Gasteiger charge is 2.16. The van der Waals surface area contributed by atoms with Crippen molar-refractivity contribution in [3.05, 3.63) is 22.5 Å². The van der Waals surface area contributed by atoms with Gasteiger partial charge in [-0.1, -0.05) is 0 Å². The molecule has 0 spiro atoms. The highest BCUT2D eigenvalue weighted by Crippen LogP contribution is 2.04. The maximum absolute atomic E-state index is 11.4. The van der Waals surface area contributed by atoms with Crippen LogP contribution in [-0.2, 0) is 4.79 Å². The summed E-state index contributed by atoms with van der Waals surface area (Å²) in [6.07, 6.45) is 0. The number of hydrogen-bond acceptors (Lipinski definition) is 5. The zero-order valence-electron chi connectivity index (χ0n) is 8.43. The van der Waals surface area contributed by atoms with Crippen molar-refractivity contribution < 1.29 is 9.53 Å². The van der Waals surface area contributed by atoms with Crippen molar-refractivity contribution in [2.75, 3.05) is 7.11 Å². The van der Waals surface area contributed by atoms with Crippen LogP contribution in [0.5, 0.6) is 5.88 Å². The van der Waals surface area contributed by atoms with Crippen LogP contribution in [0.4, 0.5) is 0 Å². The third-order valence-electron chi connectivity index (χ3n) is 1.90. The molecule has 7 nitrogen and oxygen atoms in total. The van der Waals surface area contributed by atoms with Gasteiger partial charge in [0.15, 0.2) is 0 Å². The maximum atomic E-state index is 11.4. The molecular formula is C8H12N4O3. The number of nitrogens with zero attached hydrogens (tertiary/aromatic N) is 2. The van der Waals surface area contributed by atoms with Crippen LogP contribution in [0.1, 0.15) is 13.0 Å². The Balaban J connectivity index is 3.12. The Bertz CT molecular complexity index is 415. The Hall–Kier alpha value is -1.89. The van der Waals surface area contributed by atoms with Gasteiger partial charge in [-0.05, 0) is 6.92 Å². The number of ether oxygens (including phenoxy) is 1. The summed E-state index contributed by atoms with van der Waals surface area (Å²) in [6.45, 7) is 1.51. The second-order valence-electron chi connectivity index (χ2n) is 2.84. The summed E-state index contributed by atoms with van der Waals surface area (Å²) in [7, 11) is 1.42. The highest BCUT2D eigenvalue weighted by atomic mass is 16.5. The smallest absolute Gasteiger partial charge is 0.267 e. The number of nitrogens with one attached hydrogen (secondary N) is 1. The van der Waals surface area contributed by atoms with E-state index in [2.05, 4.69) is 5.10 Å². The fraction of sp³-hybridized carbons (Fsp3) is 0.375. The summed E-state index contributed by atoms with van der Waals surface area (Å²) in [5.41, 5.74) is 1.55. The Kier molecular flexibility index (Phi) is 3.40. The van der Waals surface area contributed by atoms with Crippen molar-refractivity contribution in [1.29, 1.82) is 0 Å². The first-order valence-electron chi connectivity index (χ1n) is 4.24. The molecule has 7 heteroatoms. The third-order valence-corrected chi connectivity index (χ3v) is 1.90. The van der Waals surface area contributed by atoms with Gasteiger partial charge < -0.3 is 4.74 Å². The van der Waals surface area contributed by atoms with E-state index >= 15 is 0 Å². The second kappa shape index (κ2) is 4.56. The van der Waals surface area contributed by atoms with Crippen LogP contribution in [0.3, 0.4) is 0 Å². The molecular weight excluding hydrogens is 200 g/mol. The fourth-order valence-corrected chi connectivity index (χ4v) is 1.03. The average molecular weight is 212 g/mol. The van der Waals surface area contributed by atoms with E-state index < -0.39 is 17.5 Å². The van der Waals surface area contributed by atoms with E-state index in [9.17, 15) is 9.59 Å². The number of nitrogens with two attached hydrogens (primary N) is 1. The van der Waals surface area contributed by atoms with Crippen molar-refractivity contribution >= 4 is 5.91 Å². The molecule has 0 aliphatic carbocycles. The molecule has 82 valence electrons. The largest absolute Gasteiger partial charge is 0.480 e. The lowest BCUT2D eigenvalue weighted by Gasteiger charge is -2.12. The van der Waals surface area contributed by atoms with E-state index in [0.717, 1.165) is 4.68 Å². The monoisotopic (exact) mass is 212 g/mol. The quantitative estimate of drug-likeness (QED) is 0.372. The van der Waals surface area contributed by atoms with Gasteiger partial charge in [0.25, 0.3) is 11.5 Å². The lowest BCUT2D eigenvalue weighted by atomic mass is 10.3. The Morgan fingerprint density at radius 2 is 2.33 bits per heavy atom. The summed E-state index contributed by atoms with van der Waals surface area (Å²) in [4.78, 5) is 22.6. The predicted molar refractivity (Wildman–Crippen MR) is 52.1 cm³/mol. The second-order valence-corrected chi connectivity index (χ2v) is 2.84. The van der Waals surface area contributed by atoms with Gasteiger partial charge in [0, 0.05) is 12.1 Å². The summed E-state index contributed by atoms with van der Waals surface area (Å²) in [6, 6.07) is 1.91. The molecule has 0 radical (unpaired) electrons. The van der Waals surface area contributed by atoms with E-state index in [1.54, 1.807) is 0 Å². The fourth-order valence-electron chi connectivity index (χ4n) is 1.03. The molecule has 1 heterocycles. The summed E-state index contributed by atoms with van der Waals surface area (Å²) in [5.74, 6) is 4.71. The number of carbonyl (C=O) groups is 1. The molecule has 1 atom stereocenters. The Morgan fingerprint density at radius 1 is 1.67 bits per heavy atom. The standard InChI is InChI=1S/C8H12N4O3/c1-5(8(14)10-9)12-7(13)4-3-6(11-12)15-2/h3-5H,9H2,1-2H3,(H,10,14). The zero-order chi connectivity index (χ0) is 11.4. The number of carbonyl (C=O) groups excluding carboxylic acids is 1. The van der Waals surface area contributed by atoms with Crippen LogP contribution in [-0.4, -0.2) is 22.8 Å². The molecule has 0 aliphatic rings. The van der Waals surface area contributed by atoms with E-state index in [1.165, 1.54) is 26.2 Å². The Labute approximate surface area is 85.8 Å².